The standard InChI is InChI=1S/C13H12FNO2/c1-15(7-10-4-5-17-9-10)13-3-2-12(14)6-11(13)8-16/h2-6,8-9H,7H2,1H3. The van der Waals surface area contributed by atoms with E-state index >= 15 is 0 Å². The van der Waals surface area contributed by atoms with E-state index in [1.54, 1.807) is 18.6 Å². The molecule has 0 radical (unpaired) electrons. The van der Waals surface area contributed by atoms with Crippen LogP contribution in [0.15, 0.2) is 41.2 Å². The van der Waals surface area contributed by atoms with Gasteiger partial charge in [-0.15, -0.1) is 0 Å². The molecule has 88 valence electrons. The van der Waals surface area contributed by atoms with Crippen LogP contribution in [0, 0.1) is 5.82 Å². The predicted octanol–water partition coefficient (Wildman–Crippen LogP) is 2.87. The van der Waals surface area contributed by atoms with Crippen molar-refractivity contribution in [2.24, 2.45) is 0 Å². The first-order valence-electron chi connectivity index (χ1n) is 5.17. The molecular weight excluding hydrogens is 221 g/mol. The highest BCUT2D eigenvalue weighted by atomic mass is 19.1. The lowest BCUT2D eigenvalue weighted by atomic mass is 10.1. The Labute approximate surface area is 98.5 Å². The molecule has 1 aromatic carbocycles. The number of halogens is 1. The number of anilines is 1. The van der Waals surface area contributed by atoms with Crippen LogP contribution in [0.5, 0.6) is 0 Å². The van der Waals surface area contributed by atoms with E-state index in [1.165, 1.54) is 12.1 Å². The van der Waals surface area contributed by atoms with E-state index < -0.39 is 5.82 Å². The Morgan fingerprint density at radius 1 is 1.41 bits per heavy atom. The van der Waals surface area contributed by atoms with Gasteiger partial charge in [-0.1, -0.05) is 0 Å². The molecule has 2 rings (SSSR count). The summed E-state index contributed by atoms with van der Waals surface area (Å²) in [6.45, 7) is 0.600. The minimum absolute atomic E-state index is 0.344. The van der Waals surface area contributed by atoms with Crippen LogP contribution < -0.4 is 4.90 Å². The van der Waals surface area contributed by atoms with Gasteiger partial charge in [0.2, 0.25) is 0 Å². The summed E-state index contributed by atoms with van der Waals surface area (Å²) in [5.74, 6) is -0.410. The average molecular weight is 233 g/mol. The molecule has 0 N–H and O–H groups in total. The summed E-state index contributed by atoms with van der Waals surface area (Å²) in [6.07, 6.45) is 3.89. The number of carbonyl (C=O) groups excluding carboxylic acids is 1. The van der Waals surface area contributed by atoms with Crippen molar-refractivity contribution in [1.82, 2.24) is 0 Å². The fourth-order valence-corrected chi connectivity index (χ4v) is 1.71. The van der Waals surface area contributed by atoms with Gasteiger partial charge in [0.05, 0.1) is 12.5 Å². The molecule has 0 saturated carbocycles. The zero-order valence-corrected chi connectivity index (χ0v) is 9.39. The second kappa shape index (κ2) is 4.82. The fraction of sp³-hybridized carbons (Fsp3) is 0.154. The number of hydrogen-bond donors (Lipinski definition) is 0. The molecule has 1 aromatic heterocycles. The third-order valence-electron chi connectivity index (χ3n) is 2.53. The van der Waals surface area contributed by atoms with Crippen molar-refractivity contribution in [2.45, 2.75) is 6.54 Å². The van der Waals surface area contributed by atoms with Gasteiger partial charge in [-0.2, -0.15) is 0 Å². The van der Waals surface area contributed by atoms with Gasteiger partial charge in [0.25, 0.3) is 0 Å². The Kier molecular flexibility index (Phi) is 3.23. The first kappa shape index (κ1) is 11.4. The van der Waals surface area contributed by atoms with Crippen molar-refractivity contribution in [3.63, 3.8) is 0 Å². The Morgan fingerprint density at radius 2 is 2.24 bits per heavy atom. The van der Waals surface area contributed by atoms with Gasteiger partial charge < -0.3 is 9.32 Å². The van der Waals surface area contributed by atoms with Gasteiger partial charge in [0, 0.05) is 30.4 Å². The number of benzene rings is 1. The molecule has 0 bridgehead atoms. The SMILES string of the molecule is CN(Cc1ccoc1)c1ccc(F)cc1C=O. The van der Waals surface area contributed by atoms with Crippen molar-refractivity contribution in [3.05, 3.63) is 53.7 Å². The topological polar surface area (TPSA) is 33.5 Å². The molecule has 0 amide bonds. The Bertz CT molecular complexity index is 508. The summed E-state index contributed by atoms with van der Waals surface area (Å²) < 4.78 is 18.0. The lowest BCUT2D eigenvalue weighted by Gasteiger charge is -2.20. The predicted molar refractivity (Wildman–Crippen MR) is 62.6 cm³/mol. The number of nitrogens with zero attached hydrogens (tertiary/aromatic N) is 1. The van der Waals surface area contributed by atoms with E-state index in [4.69, 9.17) is 4.42 Å². The molecule has 0 unspecified atom stereocenters. The fourth-order valence-electron chi connectivity index (χ4n) is 1.71. The normalized spacial score (nSPS) is 10.2. The molecule has 0 saturated heterocycles. The molecule has 3 nitrogen and oxygen atoms in total. The van der Waals surface area contributed by atoms with Gasteiger partial charge >= 0.3 is 0 Å². The lowest BCUT2D eigenvalue weighted by molar-refractivity contribution is 0.112. The summed E-state index contributed by atoms with van der Waals surface area (Å²) in [7, 11) is 1.84. The summed E-state index contributed by atoms with van der Waals surface area (Å²) in [4.78, 5) is 12.7. The molecule has 0 fully saturated rings. The average Bonchev–Trinajstić information content (AvgIpc) is 2.81. The van der Waals surface area contributed by atoms with E-state index in [0.717, 1.165) is 5.56 Å². The molecule has 2 aromatic rings. The quantitative estimate of drug-likeness (QED) is 0.761. The first-order chi connectivity index (χ1) is 8.20. The highest BCUT2D eigenvalue weighted by Crippen LogP contribution is 2.20. The molecule has 0 aliphatic carbocycles. The third kappa shape index (κ3) is 2.53. The molecule has 17 heavy (non-hydrogen) atoms. The van der Waals surface area contributed by atoms with Gasteiger partial charge in [0.15, 0.2) is 6.29 Å². The summed E-state index contributed by atoms with van der Waals surface area (Å²) in [6, 6.07) is 6.02. The summed E-state index contributed by atoms with van der Waals surface area (Å²) in [5.41, 5.74) is 2.03. The van der Waals surface area contributed by atoms with Crippen molar-refractivity contribution < 1.29 is 13.6 Å². The van der Waals surface area contributed by atoms with Gasteiger partial charge in [-0.05, 0) is 24.3 Å². The van der Waals surface area contributed by atoms with E-state index in [1.807, 2.05) is 18.0 Å². The van der Waals surface area contributed by atoms with E-state index in [2.05, 4.69) is 0 Å². The number of hydrogen-bond acceptors (Lipinski definition) is 3. The highest BCUT2D eigenvalue weighted by molar-refractivity contribution is 5.84. The molecular formula is C13H12FNO2. The van der Waals surface area contributed by atoms with Crippen LogP contribution in [0.2, 0.25) is 0 Å². The van der Waals surface area contributed by atoms with Crippen LogP contribution in [-0.4, -0.2) is 13.3 Å². The molecule has 1 heterocycles. The smallest absolute Gasteiger partial charge is 0.152 e. The van der Waals surface area contributed by atoms with Crippen LogP contribution in [-0.2, 0) is 6.54 Å². The molecule has 4 heteroatoms. The number of aldehydes is 1. The Balaban J connectivity index is 2.24. The summed E-state index contributed by atoms with van der Waals surface area (Å²) in [5, 5.41) is 0. The second-order valence-corrected chi connectivity index (χ2v) is 3.81. The summed E-state index contributed by atoms with van der Waals surface area (Å²) >= 11 is 0. The van der Waals surface area contributed by atoms with Crippen LogP contribution in [0.3, 0.4) is 0 Å². The maximum Gasteiger partial charge on any atom is 0.152 e. The molecule has 0 atom stereocenters. The third-order valence-corrected chi connectivity index (χ3v) is 2.53. The van der Waals surface area contributed by atoms with Crippen LogP contribution in [0.25, 0.3) is 0 Å². The maximum atomic E-state index is 13.0. The van der Waals surface area contributed by atoms with Crippen LogP contribution >= 0.6 is 0 Å². The van der Waals surface area contributed by atoms with Crippen LogP contribution in [0.1, 0.15) is 15.9 Å². The van der Waals surface area contributed by atoms with Gasteiger partial charge in [-0.3, -0.25) is 4.79 Å². The van der Waals surface area contributed by atoms with Gasteiger partial charge in [-0.25, -0.2) is 4.39 Å². The zero-order valence-electron chi connectivity index (χ0n) is 9.39. The zero-order chi connectivity index (χ0) is 12.3. The first-order valence-corrected chi connectivity index (χ1v) is 5.17. The van der Waals surface area contributed by atoms with E-state index in [-0.39, 0.29) is 0 Å². The van der Waals surface area contributed by atoms with E-state index in [9.17, 15) is 9.18 Å². The minimum atomic E-state index is -0.410. The van der Waals surface area contributed by atoms with Gasteiger partial charge in [0.1, 0.15) is 5.82 Å². The van der Waals surface area contributed by atoms with E-state index in [0.29, 0.717) is 24.1 Å². The molecule has 0 aliphatic rings. The number of rotatable bonds is 4. The van der Waals surface area contributed by atoms with Crippen molar-refractivity contribution in [1.29, 1.82) is 0 Å². The number of furan rings is 1. The molecule has 0 spiro atoms. The Hall–Kier alpha value is -2.10. The monoisotopic (exact) mass is 233 g/mol. The Morgan fingerprint density at radius 3 is 2.88 bits per heavy atom. The highest BCUT2D eigenvalue weighted by Gasteiger charge is 2.09. The van der Waals surface area contributed by atoms with Crippen molar-refractivity contribution >= 4 is 12.0 Å². The van der Waals surface area contributed by atoms with Crippen molar-refractivity contribution in [2.75, 3.05) is 11.9 Å². The largest absolute Gasteiger partial charge is 0.472 e. The second-order valence-electron chi connectivity index (χ2n) is 3.81. The number of carbonyl (C=O) groups is 1. The molecule has 0 aliphatic heterocycles. The maximum absolute atomic E-state index is 13.0. The van der Waals surface area contributed by atoms with Crippen molar-refractivity contribution in [3.8, 4) is 0 Å². The van der Waals surface area contributed by atoms with Crippen LogP contribution in [0.4, 0.5) is 10.1 Å². The lowest BCUT2D eigenvalue weighted by Crippen LogP contribution is -2.17. The minimum Gasteiger partial charge on any atom is -0.472 e.